The number of anilines is 1. The van der Waals surface area contributed by atoms with Crippen molar-refractivity contribution in [1.29, 1.82) is 0 Å². The van der Waals surface area contributed by atoms with Crippen molar-refractivity contribution in [3.8, 4) is 17.2 Å². The summed E-state index contributed by atoms with van der Waals surface area (Å²) >= 11 is 6.76. The molecule has 0 atom stereocenters. The molecule has 168 valence electrons. The Morgan fingerprint density at radius 1 is 0.939 bits per heavy atom. The van der Waals surface area contributed by atoms with E-state index in [4.69, 9.17) is 26.4 Å². The van der Waals surface area contributed by atoms with Crippen molar-refractivity contribution in [3.05, 3.63) is 88.8 Å². The molecule has 0 unspecified atom stereocenters. The molecule has 1 fully saturated rings. The summed E-state index contributed by atoms with van der Waals surface area (Å²) < 4.78 is 17.3. The van der Waals surface area contributed by atoms with Gasteiger partial charge in [-0.15, -0.1) is 0 Å². The number of hydrogen-bond acceptors (Lipinski definition) is 6. The van der Waals surface area contributed by atoms with Crippen molar-refractivity contribution >= 4 is 46.0 Å². The number of carbonyl (C=O) groups is 1. The lowest BCUT2D eigenvalue weighted by molar-refractivity contribution is -0.113. The molecule has 0 radical (unpaired) electrons. The maximum absolute atomic E-state index is 12.9. The molecular weight excluding hydrogens is 454 g/mol. The van der Waals surface area contributed by atoms with Gasteiger partial charge in [-0.3, -0.25) is 9.69 Å². The minimum Gasteiger partial charge on any atom is -0.493 e. The zero-order valence-corrected chi connectivity index (χ0v) is 19.9. The van der Waals surface area contributed by atoms with Gasteiger partial charge in [-0.1, -0.05) is 60.4 Å². The highest BCUT2D eigenvalue weighted by Crippen LogP contribution is 2.36. The maximum Gasteiger partial charge on any atom is 0.270 e. The Morgan fingerprint density at radius 3 is 2.39 bits per heavy atom. The van der Waals surface area contributed by atoms with Crippen LogP contribution in [-0.2, 0) is 4.79 Å². The smallest absolute Gasteiger partial charge is 0.270 e. The van der Waals surface area contributed by atoms with Gasteiger partial charge in [0.1, 0.15) is 19.0 Å². The summed E-state index contributed by atoms with van der Waals surface area (Å²) in [6.07, 6.45) is 1.85. The van der Waals surface area contributed by atoms with Gasteiger partial charge in [0, 0.05) is 0 Å². The standard InChI is InChI=1S/C26H23NO4S2/c1-18-6-5-7-20(16-18)27-25(28)24(33-26(27)32)17-19-10-12-21(13-11-19)30-14-15-31-23-9-4-3-8-22(23)29-2/h3-13,16-17H,14-15H2,1-2H3. The lowest BCUT2D eigenvalue weighted by Gasteiger charge is -2.14. The third-order valence-corrected chi connectivity index (χ3v) is 6.21. The monoisotopic (exact) mass is 477 g/mol. The Balaban J connectivity index is 1.34. The van der Waals surface area contributed by atoms with Crippen molar-refractivity contribution in [2.45, 2.75) is 6.92 Å². The van der Waals surface area contributed by atoms with Gasteiger partial charge >= 0.3 is 0 Å². The molecule has 1 saturated heterocycles. The van der Waals surface area contributed by atoms with E-state index in [-0.39, 0.29) is 5.91 Å². The van der Waals surface area contributed by atoms with Crippen LogP contribution in [0.3, 0.4) is 0 Å². The van der Waals surface area contributed by atoms with Gasteiger partial charge in [0.2, 0.25) is 0 Å². The summed E-state index contributed by atoms with van der Waals surface area (Å²) in [5.74, 6) is 1.99. The van der Waals surface area contributed by atoms with Crippen LogP contribution < -0.4 is 19.1 Å². The number of nitrogens with zero attached hydrogens (tertiary/aromatic N) is 1. The van der Waals surface area contributed by atoms with E-state index in [2.05, 4.69) is 0 Å². The summed E-state index contributed by atoms with van der Waals surface area (Å²) in [7, 11) is 1.61. The Morgan fingerprint density at radius 2 is 1.67 bits per heavy atom. The SMILES string of the molecule is COc1ccccc1OCCOc1ccc(C=C2SC(=S)N(c3cccc(C)c3)C2=O)cc1. The highest BCUT2D eigenvalue weighted by atomic mass is 32.2. The molecule has 0 aliphatic carbocycles. The number of hydrogen-bond donors (Lipinski definition) is 0. The molecule has 0 saturated carbocycles. The van der Waals surface area contributed by atoms with E-state index in [1.807, 2.05) is 85.8 Å². The molecule has 1 aliphatic rings. The highest BCUT2D eigenvalue weighted by Gasteiger charge is 2.33. The van der Waals surface area contributed by atoms with Crippen LogP contribution in [0.2, 0.25) is 0 Å². The van der Waals surface area contributed by atoms with Crippen LogP contribution in [0.1, 0.15) is 11.1 Å². The fraction of sp³-hybridized carbons (Fsp3) is 0.154. The summed E-state index contributed by atoms with van der Waals surface area (Å²) in [5, 5.41) is 0. The second kappa shape index (κ2) is 10.6. The number of aryl methyl sites for hydroxylation is 1. The van der Waals surface area contributed by atoms with Crippen molar-refractivity contribution in [1.82, 2.24) is 0 Å². The highest BCUT2D eigenvalue weighted by molar-refractivity contribution is 8.27. The van der Waals surface area contributed by atoms with Crippen LogP contribution in [-0.4, -0.2) is 30.6 Å². The van der Waals surface area contributed by atoms with E-state index < -0.39 is 0 Å². The summed E-state index contributed by atoms with van der Waals surface area (Å²) in [4.78, 5) is 15.1. The molecule has 1 heterocycles. The number of amides is 1. The largest absolute Gasteiger partial charge is 0.493 e. The quantitative estimate of drug-likeness (QED) is 0.230. The molecule has 3 aromatic rings. The Hall–Kier alpha value is -3.29. The molecular formula is C26H23NO4S2. The van der Waals surface area contributed by atoms with E-state index in [1.165, 1.54) is 11.8 Å². The summed E-state index contributed by atoms with van der Waals surface area (Å²) in [6.45, 7) is 2.78. The molecule has 33 heavy (non-hydrogen) atoms. The average molecular weight is 478 g/mol. The van der Waals surface area contributed by atoms with Gasteiger partial charge in [0.05, 0.1) is 17.7 Å². The zero-order chi connectivity index (χ0) is 23.2. The van der Waals surface area contributed by atoms with Crippen LogP contribution in [0, 0.1) is 6.92 Å². The van der Waals surface area contributed by atoms with Crippen molar-refractivity contribution in [2.24, 2.45) is 0 Å². The fourth-order valence-corrected chi connectivity index (χ4v) is 4.62. The second-order valence-electron chi connectivity index (χ2n) is 7.27. The first-order chi connectivity index (χ1) is 16.0. The van der Waals surface area contributed by atoms with Gasteiger partial charge in [-0.2, -0.15) is 0 Å². The van der Waals surface area contributed by atoms with Gasteiger partial charge in [-0.25, -0.2) is 0 Å². The Labute approximate surface area is 203 Å². The third-order valence-electron chi connectivity index (χ3n) is 4.91. The van der Waals surface area contributed by atoms with Crippen LogP contribution >= 0.6 is 24.0 Å². The molecule has 0 aromatic heterocycles. The van der Waals surface area contributed by atoms with E-state index >= 15 is 0 Å². The number of benzene rings is 3. The number of ether oxygens (including phenoxy) is 3. The van der Waals surface area contributed by atoms with E-state index in [1.54, 1.807) is 12.0 Å². The minimum absolute atomic E-state index is 0.107. The first-order valence-corrected chi connectivity index (χ1v) is 11.6. The van der Waals surface area contributed by atoms with Crippen LogP contribution in [0.15, 0.2) is 77.7 Å². The maximum atomic E-state index is 12.9. The third kappa shape index (κ3) is 5.56. The second-order valence-corrected chi connectivity index (χ2v) is 8.95. The Bertz CT molecular complexity index is 1190. The lowest BCUT2D eigenvalue weighted by Crippen LogP contribution is -2.27. The van der Waals surface area contributed by atoms with E-state index in [9.17, 15) is 4.79 Å². The topological polar surface area (TPSA) is 48.0 Å². The molecule has 1 amide bonds. The zero-order valence-electron chi connectivity index (χ0n) is 18.3. The summed E-state index contributed by atoms with van der Waals surface area (Å²) in [5.41, 5.74) is 2.77. The number of thioether (sulfide) groups is 1. The molecule has 0 N–H and O–H groups in total. The predicted molar refractivity (Wildman–Crippen MR) is 137 cm³/mol. The number of carbonyl (C=O) groups excluding carboxylic acids is 1. The molecule has 1 aliphatic heterocycles. The number of methoxy groups -OCH3 is 1. The lowest BCUT2D eigenvalue weighted by atomic mass is 10.2. The van der Waals surface area contributed by atoms with Crippen LogP contribution in [0.25, 0.3) is 6.08 Å². The minimum atomic E-state index is -0.107. The molecule has 4 rings (SSSR count). The van der Waals surface area contributed by atoms with E-state index in [0.717, 1.165) is 22.6 Å². The van der Waals surface area contributed by atoms with Gasteiger partial charge in [0.25, 0.3) is 5.91 Å². The van der Waals surface area contributed by atoms with Gasteiger partial charge in [-0.05, 0) is 60.5 Å². The van der Waals surface area contributed by atoms with E-state index in [0.29, 0.717) is 33.9 Å². The normalized spacial score (nSPS) is 14.6. The van der Waals surface area contributed by atoms with Crippen LogP contribution in [0.5, 0.6) is 17.2 Å². The van der Waals surface area contributed by atoms with Crippen molar-refractivity contribution < 1.29 is 19.0 Å². The predicted octanol–water partition coefficient (Wildman–Crippen LogP) is 5.87. The molecule has 3 aromatic carbocycles. The number of para-hydroxylation sites is 2. The molecule has 0 bridgehead atoms. The molecule has 7 heteroatoms. The average Bonchev–Trinajstić information content (AvgIpc) is 3.10. The first-order valence-electron chi connectivity index (χ1n) is 10.4. The van der Waals surface area contributed by atoms with Crippen molar-refractivity contribution in [2.75, 3.05) is 25.2 Å². The first kappa shape index (κ1) is 22.9. The number of rotatable bonds is 8. The summed E-state index contributed by atoms with van der Waals surface area (Å²) in [6, 6.07) is 22.8. The Kier molecular flexibility index (Phi) is 7.32. The number of thiocarbonyl (C=S) groups is 1. The molecule has 0 spiro atoms. The van der Waals surface area contributed by atoms with Gasteiger partial charge in [0.15, 0.2) is 15.8 Å². The molecule has 5 nitrogen and oxygen atoms in total. The van der Waals surface area contributed by atoms with Gasteiger partial charge < -0.3 is 14.2 Å². The fourth-order valence-electron chi connectivity index (χ4n) is 3.32. The van der Waals surface area contributed by atoms with Crippen LogP contribution in [0.4, 0.5) is 5.69 Å². The van der Waals surface area contributed by atoms with Crippen molar-refractivity contribution in [3.63, 3.8) is 0 Å².